The van der Waals surface area contributed by atoms with Crippen LogP contribution in [0.25, 0.3) is 0 Å². The van der Waals surface area contributed by atoms with Crippen molar-refractivity contribution in [3.05, 3.63) is 54.6 Å². The lowest BCUT2D eigenvalue weighted by atomic mass is 9.65. The van der Waals surface area contributed by atoms with Gasteiger partial charge in [0.15, 0.2) is 0 Å². The Bertz CT molecular complexity index is 1140. The van der Waals surface area contributed by atoms with E-state index in [4.69, 9.17) is 9.47 Å². The van der Waals surface area contributed by atoms with Gasteiger partial charge in [-0.2, -0.15) is 0 Å². The highest BCUT2D eigenvalue weighted by Gasteiger charge is 2.79. The fraction of sp³-hybridized carbons (Fsp3) is 0.581. The average molecular weight is 539 g/mol. The lowest BCUT2D eigenvalue weighted by molar-refractivity contribution is -0.161. The number of hydrogen-bond acceptors (Lipinski definition) is 6. The van der Waals surface area contributed by atoms with E-state index in [9.17, 15) is 19.5 Å². The SMILES string of the molecule is C=CCOC(=O)[C@@H]1[C@H]2C(=O)N([C@@H](CO)C(C)C)C(C(=O)N(CC=C)c3c(C)cccc3C)C23CC[C@@]1(CC)O3. The molecule has 2 bridgehead atoms. The predicted molar refractivity (Wildman–Crippen MR) is 149 cm³/mol. The number of esters is 1. The number of aliphatic hydroxyl groups excluding tert-OH is 1. The van der Waals surface area contributed by atoms with Crippen LogP contribution in [-0.4, -0.2) is 70.8 Å². The molecule has 1 N–H and O–H groups in total. The van der Waals surface area contributed by atoms with Gasteiger partial charge in [0.25, 0.3) is 5.91 Å². The van der Waals surface area contributed by atoms with E-state index in [-0.39, 0.29) is 37.5 Å². The van der Waals surface area contributed by atoms with Crippen LogP contribution in [0.1, 0.15) is 51.2 Å². The Morgan fingerprint density at radius 2 is 1.90 bits per heavy atom. The Balaban J connectivity index is 1.90. The predicted octanol–water partition coefficient (Wildman–Crippen LogP) is 3.72. The molecule has 0 aromatic heterocycles. The zero-order valence-electron chi connectivity index (χ0n) is 23.8. The summed E-state index contributed by atoms with van der Waals surface area (Å²) in [6, 6.07) is 4.20. The summed E-state index contributed by atoms with van der Waals surface area (Å²) in [5, 5.41) is 10.5. The first-order valence-electron chi connectivity index (χ1n) is 13.9. The van der Waals surface area contributed by atoms with Crippen LogP contribution in [0.4, 0.5) is 5.69 Å². The Hall–Kier alpha value is -2.97. The van der Waals surface area contributed by atoms with E-state index in [0.29, 0.717) is 19.3 Å². The fourth-order valence-corrected chi connectivity index (χ4v) is 7.30. The Labute approximate surface area is 231 Å². The molecule has 212 valence electrons. The van der Waals surface area contributed by atoms with Gasteiger partial charge in [-0.1, -0.05) is 57.7 Å². The molecule has 2 amide bonds. The molecule has 2 unspecified atom stereocenters. The second-order valence-electron chi connectivity index (χ2n) is 11.5. The molecule has 6 atom stereocenters. The molecule has 0 aliphatic carbocycles. The first-order chi connectivity index (χ1) is 18.5. The number of para-hydroxylation sites is 1. The van der Waals surface area contributed by atoms with Crippen molar-refractivity contribution >= 4 is 23.5 Å². The Kier molecular flexibility index (Phi) is 8.11. The van der Waals surface area contributed by atoms with Crippen molar-refractivity contribution < 1.29 is 29.0 Å². The van der Waals surface area contributed by atoms with Gasteiger partial charge < -0.3 is 24.4 Å². The number of aryl methyl sites for hydroxylation is 2. The number of hydrogen-bond donors (Lipinski definition) is 1. The third-order valence-electron chi connectivity index (χ3n) is 9.05. The number of nitrogens with zero attached hydrogens (tertiary/aromatic N) is 2. The Morgan fingerprint density at radius 3 is 2.44 bits per heavy atom. The quantitative estimate of drug-likeness (QED) is 0.341. The van der Waals surface area contributed by atoms with Crippen molar-refractivity contribution in [3.63, 3.8) is 0 Å². The summed E-state index contributed by atoms with van der Waals surface area (Å²) in [6.45, 7) is 17.1. The number of ether oxygens (including phenoxy) is 2. The van der Waals surface area contributed by atoms with Gasteiger partial charge in [-0.25, -0.2) is 0 Å². The van der Waals surface area contributed by atoms with E-state index < -0.39 is 41.1 Å². The summed E-state index contributed by atoms with van der Waals surface area (Å²) in [6.07, 6.45) is 4.67. The van der Waals surface area contributed by atoms with E-state index in [1.54, 1.807) is 11.0 Å². The smallest absolute Gasteiger partial charge is 0.313 e. The van der Waals surface area contributed by atoms with E-state index >= 15 is 0 Å². The van der Waals surface area contributed by atoms with E-state index in [0.717, 1.165) is 16.8 Å². The number of likely N-dealkylation sites (tertiary alicyclic amines) is 1. The van der Waals surface area contributed by atoms with Crippen molar-refractivity contribution in [2.75, 3.05) is 24.7 Å². The van der Waals surface area contributed by atoms with E-state index in [1.165, 1.54) is 11.0 Å². The average Bonchev–Trinajstić information content (AvgIpc) is 3.50. The van der Waals surface area contributed by atoms with Crippen LogP contribution < -0.4 is 4.90 Å². The minimum atomic E-state index is -1.21. The van der Waals surface area contributed by atoms with Crippen molar-refractivity contribution in [2.45, 2.75) is 77.2 Å². The molecule has 3 saturated heterocycles. The lowest BCUT2D eigenvalue weighted by Gasteiger charge is -2.41. The van der Waals surface area contributed by atoms with Crippen molar-refractivity contribution in [3.8, 4) is 0 Å². The van der Waals surface area contributed by atoms with Gasteiger partial charge in [-0.15, -0.1) is 6.58 Å². The van der Waals surface area contributed by atoms with Gasteiger partial charge >= 0.3 is 5.97 Å². The molecule has 0 saturated carbocycles. The van der Waals surface area contributed by atoms with Crippen molar-refractivity contribution in [1.82, 2.24) is 4.90 Å². The molecule has 3 aliphatic heterocycles. The molecule has 3 heterocycles. The molecule has 8 heteroatoms. The maximum absolute atomic E-state index is 14.8. The van der Waals surface area contributed by atoms with Gasteiger partial charge in [0, 0.05) is 12.2 Å². The van der Waals surface area contributed by atoms with Crippen LogP contribution in [0.2, 0.25) is 0 Å². The molecule has 39 heavy (non-hydrogen) atoms. The third-order valence-corrected chi connectivity index (χ3v) is 9.05. The Morgan fingerprint density at radius 1 is 1.23 bits per heavy atom. The van der Waals surface area contributed by atoms with Gasteiger partial charge in [-0.3, -0.25) is 14.4 Å². The van der Waals surface area contributed by atoms with Gasteiger partial charge in [0.2, 0.25) is 5.91 Å². The van der Waals surface area contributed by atoms with Gasteiger partial charge in [0.05, 0.1) is 24.2 Å². The molecule has 8 nitrogen and oxygen atoms in total. The fourth-order valence-electron chi connectivity index (χ4n) is 7.30. The van der Waals surface area contributed by atoms with Crippen LogP contribution in [0.3, 0.4) is 0 Å². The normalized spacial score (nSPS) is 29.9. The molecule has 1 spiro atoms. The number of aliphatic hydroxyl groups is 1. The van der Waals surface area contributed by atoms with Gasteiger partial charge in [0.1, 0.15) is 24.2 Å². The second-order valence-corrected chi connectivity index (χ2v) is 11.5. The summed E-state index contributed by atoms with van der Waals surface area (Å²) in [5.41, 5.74) is 0.507. The highest BCUT2D eigenvalue weighted by atomic mass is 16.6. The highest BCUT2D eigenvalue weighted by molar-refractivity contribution is 6.05. The highest BCUT2D eigenvalue weighted by Crippen LogP contribution is 2.65. The molecule has 1 aromatic rings. The van der Waals surface area contributed by atoms with Crippen LogP contribution in [0.15, 0.2) is 43.5 Å². The maximum atomic E-state index is 14.8. The second kappa shape index (κ2) is 10.9. The van der Waals surface area contributed by atoms with Crippen molar-refractivity contribution in [1.29, 1.82) is 0 Å². The largest absolute Gasteiger partial charge is 0.461 e. The van der Waals surface area contributed by atoms with E-state index in [2.05, 4.69) is 13.2 Å². The minimum absolute atomic E-state index is 0.0278. The van der Waals surface area contributed by atoms with Crippen LogP contribution in [0.5, 0.6) is 0 Å². The topological polar surface area (TPSA) is 96.4 Å². The molecular weight excluding hydrogens is 496 g/mol. The molecule has 1 aromatic carbocycles. The summed E-state index contributed by atoms with van der Waals surface area (Å²) in [4.78, 5) is 45.9. The summed E-state index contributed by atoms with van der Waals surface area (Å²) >= 11 is 0. The molecule has 3 aliphatic rings. The zero-order valence-corrected chi connectivity index (χ0v) is 23.8. The minimum Gasteiger partial charge on any atom is -0.461 e. The van der Waals surface area contributed by atoms with Gasteiger partial charge in [-0.05, 0) is 50.2 Å². The number of benzene rings is 1. The first kappa shape index (κ1) is 29.0. The monoisotopic (exact) mass is 538 g/mol. The van der Waals surface area contributed by atoms with E-state index in [1.807, 2.05) is 52.8 Å². The number of fused-ring (bicyclic) bond motifs is 1. The van der Waals surface area contributed by atoms with Crippen LogP contribution in [0, 0.1) is 31.6 Å². The summed E-state index contributed by atoms with van der Waals surface area (Å²) < 4.78 is 12.3. The third kappa shape index (κ3) is 4.32. The standard InChI is InChI=1S/C31H42N2O6/c1-8-16-32(25-20(6)12-11-13-21(25)7)28(36)26-31-15-14-30(10-3,39-31)24(29(37)38-17-9-2)23(31)27(35)33(26)22(18-34)19(4)5/h8-9,11-13,19,22-24,26,34H,1-2,10,14-18H2,3-7H3/t22-,23-,24-,26?,30+,31?/m0/s1. The number of anilines is 1. The summed E-state index contributed by atoms with van der Waals surface area (Å²) in [7, 11) is 0. The molecule has 4 rings (SSSR count). The zero-order chi connectivity index (χ0) is 28.7. The lowest BCUT2D eigenvalue weighted by Crippen LogP contribution is -2.60. The first-order valence-corrected chi connectivity index (χ1v) is 13.9. The summed E-state index contributed by atoms with van der Waals surface area (Å²) in [5.74, 6) is -3.00. The number of amides is 2. The number of rotatable bonds is 11. The number of carbonyl (C=O) groups is 3. The molecule has 0 radical (unpaired) electrons. The maximum Gasteiger partial charge on any atom is 0.313 e. The molecule has 3 fully saturated rings. The number of carbonyl (C=O) groups excluding carboxylic acids is 3. The van der Waals surface area contributed by atoms with Crippen LogP contribution in [-0.2, 0) is 23.9 Å². The van der Waals surface area contributed by atoms with Crippen LogP contribution >= 0.6 is 0 Å². The van der Waals surface area contributed by atoms with Crippen molar-refractivity contribution in [2.24, 2.45) is 17.8 Å². The molecular formula is C31H42N2O6.